The van der Waals surface area contributed by atoms with Gasteiger partial charge in [0.1, 0.15) is 0 Å². The van der Waals surface area contributed by atoms with Gasteiger partial charge in [0.05, 0.1) is 5.69 Å². The Labute approximate surface area is 130 Å². The van der Waals surface area contributed by atoms with Gasteiger partial charge in [0.25, 0.3) is 0 Å². The fourth-order valence-electron chi connectivity index (χ4n) is 2.95. The molecule has 1 aromatic rings. The molecule has 0 saturated heterocycles. The van der Waals surface area contributed by atoms with Crippen LogP contribution in [0.25, 0.3) is 0 Å². The first-order valence-corrected chi connectivity index (χ1v) is 8.33. The van der Waals surface area contributed by atoms with Gasteiger partial charge in [-0.25, -0.2) is 0 Å². The third-order valence-corrected chi connectivity index (χ3v) is 4.83. The number of aromatic nitrogens is 2. The highest BCUT2D eigenvalue weighted by molar-refractivity contribution is 5.13. The minimum absolute atomic E-state index is 0.145. The number of hydrogen-bond donors (Lipinski definition) is 1. The Kier molecular flexibility index (Phi) is 6.88. The summed E-state index contributed by atoms with van der Waals surface area (Å²) in [6.45, 7) is 13.1. The fraction of sp³-hybridized carbons (Fsp3) is 0.824. The normalized spacial score (nSPS) is 16.2. The third-order valence-electron chi connectivity index (χ3n) is 4.83. The number of nitrogens with zero attached hydrogens (tertiary/aromatic N) is 3. The molecule has 0 aliphatic heterocycles. The molecule has 2 unspecified atom stereocenters. The number of aryl methyl sites for hydroxylation is 2. The maximum Gasteiger partial charge on any atom is 0.0596 e. The quantitative estimate of drug-likeness (QED) is 0.760. The van der Waals surface area contributed by atoms with Crippen LogP contribution in [0.3, 0.4) is 0 Å². The molecule has 0 fully saturated rings. The number of likely N-dealkylation sites (N-methyl/N-ethyl adjacent to an activating group) is 1. The highest BCUT2D eigenvalue weighted by Crippen LogP contribution is 2.24. The Morgan fingerprint density at radius 2 is 2.00 bits per heavy atom. The van der Waals surface area contributed by atoms with E-state index in [1.807, 2.05) is 0 Å². The van der Waals surface area contributed by atoms with E-state index in [1.54, 1.807) is 0 Å². The Balaban J connectivity index is 3.01. The lowest BCUT2D eigenvalue weighted by molar-refractivity contribution is 0.111. The van der Waals surface area contributed by atoms with Crippen molar-refractivity contribution in [3.05, 3.63) is 17.5 Å². The van der Waals surface area contributed by atoms with Crippen molar-refractivity contribution in [2.45, 2.75) is 72.0 Å². The molecule has 0 radical (unpaired) electrons. The number of rotatable bonds is 9. The van der Waals surface area contributed by atoms with Crippen LogP contribution in [0.5, 0.6) is 0 Å². The van der Waals surface area contributed by atoms with E-state index in [0.29, 0.717) is 6.04 Å². The van der Waals surface area contributed by atoms with E-state index in [2.05, 4.69) is 74.8 Å². The zero-order valence-electron chi connectivity index (χ0n) is 15.0. The van der Waals surface area contributed by atoms with Gasteiger partial charge in [0.15, 0.2) is 0 Å². The van der Waals surface area contributed by atoms with Crippen molar-refractivity contribution in [1.82, 2.24) is 20.0 Å². The van der Waals surface area contributed by atoms with Gasteiger partial charge in [-0.3, -0.25) is 4.68 Å². The summed E-state index contributed by atoms with van der Waals surface area (Å²) in [6.07, 6.45) is 3.31. The minimum Gasteiger partial charge on any atom is -0.312 e. The SMILES string of the molecule is CCCNC(Cc1cc(C)nn1CC)C(C)(CC)N(C)C. The van der Waals surface area contributed by atoms with Gasteiger partial charge in [-0.2, -0.15) is 5.10 Å². The van der Waals surface area contributed by atoms with Gasteiger partial charge < -0.3 is 10.2 Å². The average Bonchev–Trinajstić information content (AvgIpc) is 2.82. The summed E-state index contributed by atoms with van der Waals surface area (Å²) in [4.78, 5) is 2.36. The standard InChI is InChI=1S/C17H34N4/c1-8-11-18-16(17(5,9-2)20(6)7)13-15-12-14(4)19-21(15)10-3/h12,16,18H,8-11,13H2,1-7H3. The topological polar surface area (TPSA) is 33.1 Å². The zero-order chi connectivity index (χ0) is 16.0. The van der Waals surface area contributed by atoms with Crippen LogP contribution in [0.15, 0.2) is 6.07 Å². The highest BCUT2D eigenvalue weighted by atomic mass is 15.3. The van der Waals surface area contributed by atoms with Gasteiger partial charge >= 0.3 is 0 Å². The molecule has 0 aliphatic rings. The average molecular weight is 294 g/mol. The maximum atomic E-state index is 4.59. The van der Waals surface area contributed by atoms with E-state index >= 15 is 0 Å². The second kappa shape index (κ2) is 7.95. The molecule has 1 N–H and O–H groups in total. The molecule has 0 saturated carbocycles. The summed E-state index contributed by atoms with van der Waals surface area (Å²) in [5.41, 5.74) is 2.60. The van der Waals surface area contributed by atoms with E-state index in [9.17, 15) is 0 Å². The minimum atomic E-state index is 0.145. The van der Waals surface area contributed by atoms with E-state index in [-0.39, 0.29) is 5.54 Å². The summed E-state index contributed by atoms with van der Waals surface area (Å²) in [6, 6.07) is 2.66. The molecule has 1 heterocycles. The fourth-order valence-corrected chi connectivity index (χ4v) is 2.95. The summed E-state index contributed by atoms with van der Waals surface area (Å²) in [5.74, 6) is 0. The molecule has 0 aromatic carbocycles. The van der Waals surface area contributed by atoms with Crippen molar-refractivity contribution >= 4 is 0 Å². The number of nitrogens with one attached hydrogen (secondary N) is 1. The van der Waals surface area contributed by atoms with Gasteiger partial charge in [-0.05, 0) is 60.3 Å². The van der Waals surface area contributed by atoms with Crippen LogP contribution in [0.1, 0.15) is 51.9 Å². The summed E-state index contributed by atoms with van der Waals surface area (Å²) in [5, 5.41) is 8.36. The number of hydrogen-bond acceptors (Lipinski definition) is 3. The molecular weight excluding hydrogens is 260 g/mol. The summed E-state index contributed by atoms with van der Waals surface area (Å²) >= 11 is 0. The van der Waals surface area contributed by atoms with E-state index in [0.717, 1.165) is 38.0 Å². The molecule has 2 atom stereocenters. The lowest BCUT2D eigenvalue weighted by Crippen LogP contribution is -2.58. The first-order chi connectivity index (χ1) is 9.88. The highest BCUT2D eigenvalue weighted by Gasteiger charge is 2.34. The Hall–Kier alpha value is -0.870. The predicted octanol–water partition coefficient (Wildman–Crippen LogP) is 2.85. The predicted molar refractivity (Wildman–Crippen MR) is 90.8 cm³/mol. The Morgan fingerprint density at radius 1 is 1.33 bits per heavy atom. The van der Waals surface area contributed by atoms with Crippen LogP contribution in [0.4, 0.5) is 0 Å². The van der Waals surface area contributed by atoms with Gasteiger partial charge in [0.2, 0.25) is 0 Å². The molecule has 1 aromatic heterocycles. The summed E-state index contributed by atoms with van der Waals surface area (Å²) < 4.78 is 2.14. The maximum absolute atomic E-state index is 4.59. The van der Waals surface area contributed by atoms with Crippen molar-refractivity contribution in [3.8, 4) is 0 Å². The van der Waals surface area contributed by atoms with Crippen LogP contribution >= 0.6 is 0 Å². The lowest BCUT2D eigenvalue weighted by atomic mass is 9.85. The van der Waals surface area contributed by atoms with E-state index < -0.39 is 0 Å². The van der Waals surface area contributed by atoms with Gasteiger partial charge in [0, 0.05) is 30.2 Å². The van der Waals surface area contributed by atoms with E-state index in [4.69, 9.17) is 0 Å². The Bertz CT molecular complexity index is 424. The smallest absolute Gasteiger partial charge is 0.0596 e. The second-order valence-electron chi connectivity index (χ2n) is 6.41. The first-order valence-electron chi connectivity index (χ1n) is 8.33. The molecule has 0 amide bonds. The molecule has 0 spiro atoms. The van der Waals surface area contributed by atoms with Crippen molar-refractivity contribution in [3.63, 3.8) is 0 Å². The second-order valence-corrected chi connectivity index (χ2v) is 6.41. The van der Waals surface area contributed by atoms with Crippen LogP contribution in [0, 0.1) is 6.92 Å². The van der Waals surface area contributed by atoms with Crippen LogP contribution in [-0.2, 0) is 13.0 Å². The van der Waals surface area contributed by atoms with Crippen LogP contribution in [0.2, 0.25) is 0 Å². The molecule has 21 heavy (non-hydrogen) atoms. The molecule has 0 bridgehead atoms. The Morgan fingerprint density at radius 3 is 2.48 bits per heavy atom. The molecule has 4 nitrogen and oxygen atoms in total. The van der Waals surface area contributed by atoms with Crippen molar-refractivity contribution in [1.29, 1.82) is 0 Å². The lowest BCUT2D eigenvalue weighted by Gasteiger charge is -2.43. The molecular formula is C17H34N4. The molecule has 1 rings (SSSR count). The van der Waals surface area contributed by atoms with Crippen LogP contribution < -0.4 is 5.32 Å². The van der Waals surface area contributed by atoms with Gasteiger partial charge in [-0.1, -0.05) is 13.8 Å². The first kappa shape index (κ1) is 18.2. The third kappa shape index (κ3) is 4.30. The molecule has 122 valence electrons. The summed E-state index contributed by atoms with van der Waals surface area (Å²) in [7, 11) is 4.37. The zero-order valence-corrected chi connectivity index (χ0v) is 15.0. The van der Waals surface area contributed by atoms with Crippen molar-refractivity contribution < 1.29 is 0 Å². The van der Waals surface area contributed by atoms with Gasteiger partial charge in [-0.15, -0.1) is 0 Å². The molecule has 0 aliphatic carbocycles. The monoisotopic (exact) mass is 294 g/mol. The largest absolute Gasteiger partial charge is 0.312 e. The molecule has 4 heteroatoms. The van der Waals surface area contributed by atoms with E-state index in [1.165, 1.54) is 5.69 Å². The van der Waals surface area contributed by atoms with Crippen LogP contribution in [-0.4, -0.2) is 46.9 Å². The van der Waals surface area contributed by atoms with Crippen molar-refractivity contribution in [2.75, 3.05) is 20.6 Å². The van der Waals surface area contributed by atoms with Crippen molar-refractivity contribution in [2.24, 2.45) is 0 Å².